The number of rotatable bonds is 9. The zero-order valence-corrected chi connectivity index (χ0v) is 15.2. The van der Waals surface area contributed by atoms with Crippen molar-refractivity contribution in [3.05, 3.63) is 11.9 Å². The highest BCUT2D eigenvalue weighted by atomic mass is 16.4. The molecule has 1 heterocycles. The van der Waals surface area contributed by atoms with Gasteiger partial charge in [-0.2, -0.15) is 0 Å². The van der Waals surface area contributed by atoms with Crippen LogP contribution in [-0.4, -0.2) is 75.4 Å². The van der Waals surface area contributed by atoms with Gasteiger partial charge in [0.1, 0.15) is 12.6 Å². The van der Waals surface area contributed by atoms with Gasteiger partial charge in [-0.05, 0) is 12.3 Å². The maximum absolute atomic E-state index is 12.0. The zero-order valence-electron chi connectivity index (χ0n) is 15.2. The van der Waals surface area contributed by atoms with Gasteiger partial charge in [0.05, 0.1) is 12.7 Å². The van der Waals surface area contributed by atoms with Crippen LogP contribution in [0.25, 0.3) is 0 Å². The molecule has 26 heavy (non-hydrogen) atoms. The maximum Gasteiger partial charge on any atom is 0.326 e. The fraction of sp³-hybridized carbons (Fsp3) is 0.600. The Labute approximate surface area is 150 Å². The lowest BCUT2D eigenvalue weighted by molar-refractivity contribution is -0.142. The van der Waals surface area contributed by atoms with Crippen molar-refractivity contribution in [2.45, 2.75) is 32.9 Å². The molecule has 0 fully saturated rings. The van der Waals surface area contributed by atoms with E-state index in [1.54, 1.807) is 14.1 Å². The second kappa shape index (κ2) is 9.49. The van der Waals surface area contributed by atoms with Gasteiger partial charge in [0, 0.05) is 14.1 Å². The Balaban J connectivity index is 2.53. The number of hydrogen-bond donors (Lipinski definition) is 3. The number of hydrogen-bond acceptors (Lipinski definition) is 6. The maximum atomic E-state index is 12.0. The third-order valence-corrected chi connectivity index (χ3v) is 3.32. The number of carboxylic acids is 1. The van der Waals surface area contributed by atoms with E-state index >= 15 is 0 Å². The molecule has 0 aliphatic rings. The van der Waals surface area contributed by atoms with Crippen molar-refractivity contribution in [2.75, 3.05) is 20.6 Å². The van der Waals surface area contributed by atoms with E-state index in [4.69, 9.17) is 5.11 Å². The Morgan fingerprint density at radius 3 is 2.46 bits per heavy atom. The fourth-order valence-electron chi connectivity index (χ4n) is 1.95. The molecule has 1 aromatic rings. The molecule has 11 nitrogen and oxygen atoms in total. The van der Waals surface area contributed by atoms with E-state index in [0.29, 0.717) is 0 Å². The first-order chi connectivity index (χ1) is 12.1. The van der Waals surface area contributed by atoms with Crippen molar-refractivity contribution in [1.29, 1.82) is 0 Å². The predicted molar refractivity (Wildman–Crippen MR) is 90.1 cm³/mol. The van der Waals surface area contributed by atoms with Crippen molar-refractivity contribution in [3.63, 3.8) is 0 Å². The summed E-state index contributed by atoms with van der Waals surface area (Å²) in [7, 11) is 3.18. The Morgan fingerprint density at radius 1 is 1.27 bits per heavy atom. The van der Waals surface area contributed by atoms with Crippen LogP contribution in [0.1, 0.15) is 30.8 Å². The lowest BCUT2D eigenvalue weighted by atomic mass is 10.0. The molecule has 1 aromatic heterocycles. The van der Waals surface area contributed by atoms with E-state index in [-0.39, 0.29) is 30.5 Å². The van der Waals surface area contributed by atoms with Gasteiger partial charge in [-0.15, -0.1) is 5.10 Å². The largest absolute Gasteiger partial charge is 0.480 e. The smallest absolute Gasteiger partial charge is 0.326 e. The highest BCUT2D eigenvalue weighted by Gasteiger charge is 2.21. The summed E-state index contributed by atoms with van der Waals surface area (Å²) in [6, 6.07) is -1.02. The summed E-state index contributed by atoms with van der Waals surface area (Å²) < 4.78 is 1.21. The van der Waals surface area contributed by atoms with Gasteiger partial charge in [0.15, 0.2) is 5.69 Å². The number of likely N-dealkylation sites (N-methyl/N-ethyl adjacent to an activating group) is 1. The minimum absolute atomic E-state index is 0.0543. The molecule has 1 atom stereocenters. The first kappa shape index (κ1) is 21.1. The van der Waals surface area contributed by atoms with Gasteiger partial charge in [0.25, 0.3) is 5.91 Å². The molecule has 0 bridgehead atoms. The monoisotopic (exact) mass is 368 g/mol. The molecule has 0 saturated carbocycles. The van der Waals surface area contributed by atoms with Gasteiger partial charge >= 0.3 is 5.97 Å². The van der Waals surface area contributed by atoms with Gasteiger partial charge in [-0.3, -0.25) is 14.4 Å². The molecule has 0 radical (unpaired) electrons. The van der Waals surface area contributed by atoms with Crippen LogP contribution >= 0.6 is 0 Å². The van der Waals surface area contributed by atoms with Crippen molar-refractivity contribution in [1.82, 2.24) is 30.5 Å². The van der Waals surface area contributed by atoms with Crippen LogP contribution in [0.3, 0.4) is 0 Å². The number of nitrogens with one attached hydrogen (secondary N) is 2. The average molecular weight is 368 g/mol. The lowest BCUT2D eigenvalue weighted by Gasteiger charge is -2.16. The molecule has 0 spiro atoms. The van der Waals surface area contributed by atoms with Gasteiger partial charge < -0.3 is 20.6 Å². The minimum Gasteiger partial charge on any atom is -0.480 e. The van der Waals surface area contributed by atoms with E-state index in [2.05, 4.69) is 20.9 Å². The third kappa shape index (κ3) is 6.87. The minimum atomic E-state index is -1.13. The van der Waals surface area contributed by atoms with Crippen molar-refractivity contribution in [3.8, 4) is 0 Å². The van der Waals surface area contributed by atoms with Crippen LogP contribution in [0.15, 0.2) is 6.20 Å². The average Bonchev–Trinajstić information content (AvgIpc) is 2.99. The van der Waals surface area contributed by atoms with Crippen LogP contribution in [0.2, 0.25) is 0 Å². The van der Waals surface area contributed by atoms with Crippen LogP contribution in [0.4, 0.5) is 0 Å². The second-order valence-electron chi connectivity index (χ2n) is 6.36. The Morgan fingerprint density at radius 2 is 1.92 bits per heavy atom. The molecule has 0 unspecified atom stereocenters. The van der Waals surface area contributed by atoms with Gasteiger partial charge in [-0.1, -0.05) is 19.1 Å². The van der Waals surface area contributed by atoms with Crippen molar-refractivity contribution < 1.29 is 24.3 Å². The van der Waals surface area contributed by atoms with E-state index in [1.807, 2.05) is 13.8 Å². The highest BCUT2D eigenvalue weighted by molar-refractivity contribution is 5.95. The first-order valence-corrected chi connectivity index (χ1v) is 8.00. The Bertz CT molecular complexity index is 669. The van der Waals surface area contributed by atoms with Crippen molar-refractivity contribution in [2.24, 2.45) is 5.92 Å². The van der Waals surface area contributed by atoms with Crippen LogP contribution in [0, 0.1) is 5.92 Å². The number of aromatic nitrogens is 3. The topological polar surface area (TPSA) is 147 Å². The zero-order chi connectivity index (χ0) is 19.9. The normalized spacial score (nSPS) is 11.7. The molecule has 3 N–H and O–H groups in total. The summed E-state index contributed by atoms with van der Waals surface area (Å²) in [4.78, 5) is 47.8. The SMILES string of the molecule is CC(C)C[C@H](NC(=O)CNC(=O)c1cn(CC(=O)N(C)C)nn1)C(=O)O. The molecule has 0 aromatic carbocycles. The number of amides is 3. The molecule has 144 valence electrons. The van der Waals surface area contributed by atoms with E-state index in [9.17, 15) is 19.2 Å². The highest BCUT2D eigenvalue weighted by Crippen LogP contribution is 2.04. The quantitative estimate of drug-likeness (QED) is 0.491. The van der Waals surface area contributed by atoms with Crippen molar-refractivity contribution >= 4 is 23.7 Å². The number of aliphatic carboxylic acids is 1. The summed E-state index contributed by atoms with van der Waals surface area (Å²) in [6.45, 7) is 3.22. The summed E-state index contributed by atoms with van der Waals surface area (Å²) in [6.07, 6.45) is 1.57. The molecule has 1 rings (SSSR count). The molecule has 11 heteroatoms. The fourth-order valence-corrected chi connectivity index (χ4v) is 1.95. The third-order valence-electron chi connectivity index (χ3n) is 3.32. The van der Waals surface area contributed by atoms with Crippen LogP contribution in [0.5, 0.6) is 0 Å². The first-order valence-electron chi connectivity index (χ1n) is 8.00. The Hall–Kier alpha value is -2.98. The molecular weight excluding hydrogens is 344 g/mol. The second-order valence-corrected chi connectivity index (χ2v) is 6.36. The number of carboxylic acid groups (broad SMARTS) is 1. The summed E-state index contributed by atoms with van der Waals surface area (Å²) in [5.74, 6) is -2.54. The number of nitrogens with zero attached hydrogens (tertiary/aromatic N) is 4. The Kier molecular flexibility index (Phi) is 7.69. The van der Waals surface area contributed by atoms with Crippen LogP contribution in [-0.2, 0) is 20.9 Å². The molecule has 0 aliphatic heterocycles. The van der Waals surface area contributed by atoms with Crippen LogP contribution < -0.4 is 10.6 Å². The van der Waals surface area contributed by atoms with Gasteiger partial charge in [-0.25, -0.2) is 9.48 Å². The molecule has 3 amide bonds. The summed E-state index contributed by atoms with van der Waals surface area (Å²) in [5.41, 5.74) is -0.0543. The molecule has 0 aliphatic carbocycles. The summed E-state index contributed by atoms with van der Waals surface area (Å²) in [5, 5.41) is 21.1. The molecule has 0 saturated heterocycles. The number of carbonyl (C=O) groups excluding carboxylic acids is 3. The molecular formula is C15H24N6O5. The standard InChI is InChI=1S/C15H24N6O5/c1-9(2)5-10(15(25)26)17-12(22)6-16-14(24)11-7-21(19-18-11)8-13(23)20(3)4/h7,9-10H,5-6,8H2,1-4H3,(H,16,24)(H,17,22)(H,25,26)/t10-/m0/s1. The van der Waals surface area contributed by atoms with E-state index in [1.165, 1.54) is 15.8 Å². The predicted octanol–water partition coefficient (Wildman–Crippen LogP) is -1.29. The lowest BCUT2D eigenvalue weighted by Crippen LogP contribution is -2.46. The van der Waals surface area contributed by atoms with E-state index in [0.717, 1.165) is 0 Å². The van der Waals surface area contributed by atoms with Gasteiger partial charge in [0.2, 0.25) is 11.8 Å². The number of carbonyl (C=O) groups is 4. The van der Waals surface area contributed by atoms with E-state index < -0.39 is 30.4 Å². The summed E-state index contributed by atoms with van der Waals surface area (Å²) >= 11 is 0.